The molecule has 0 radical (unpaired) electrons. The molecule has 5 atom stereocenters. The predicted octanol–water partition coefficient (Wildman–Crippen LogP) is 1.76. The molecule has 3 heterocycles. The summed E-state index contributed by atoms with van der Waals surface area (Å²) in [5.74, 6) is 2.45. The fourth-order valence-electron chi connectivity index (χ4n) is 2.34. The van der Waals surface area contributed by atoms with Crippen LogP contribution >= 0.6 is 23.5 Å². The quantitative estimate of drug-likeness (QED) is 0.862. The highest BCUT2D eigenvalue weighted by atomic mass is 32.2. The van der Waals surface area contributed by atoms with Gasteiger partial charge in [0.05, 0.1) is 17.4 Å². The monoisotopic (exact) mass is 301 g/mol. The van der Waals surface area contributed by atoms with Crippen molar-refractivity contribution in [3.05, 3.63) is 11.7 Å². The van der Waals surface area contributed by atoms with Gasteiger partial charge in [-0.05, 0) is 6.42 Å². The summed E-state index contributed by atoms with van der Waals surface area (Å²) in [7, 11) is 0. The first-order chi connectivity index (χ1) is 9.13. The van der Waals surface area contributed by atoms with E-state index in [1.807, 2.05) is 23.5 Å². The minimum Gasteiger partial charge on any atom is -0.392 e. The SMILES string of the molecule is CC1SCC(c2noc([C@@H]3CC(O)CN3)n2)SC1C. The maximum Gasteiger partial charge on any atom is 0.243 e. The van der Waals surface area contributed by atoms with E-state index in [1.54, 1.807) is 0 Å². The zero-order valence-electron chi connectivity index (χ0n) is 11.1. The number of rotatable bonds is 2. The van der Waals surface area contributed by atoms with Gasteiger partial charge in [0.1, 0.15) is 0 Å². The molecule has 3 rings (SSSR count). The Balaban J connectivity index is 1.68. The van der Waals surface area contributed by atoms with Crippen molar-refractivity contribution in [1.82, 2.24) is 15.5 Å². The molecule has 0 amide bonds. The average molecular weight is 301 g/mol. The second-order valence-electron chi connectivity index (χ2n) is 5.21. The molecule has 2 aliphatic rings. The van der Waals surface area contributed by atoms with Crippen molar-refractivity contribution in [1.29, 1.82) is 0 Å². The lowest BCUT2D eigenvalue weighted by Crippen LogP contribution is -2.22. The summed E-state index contributed by atoms with van der Waals surface area (Å²) < 4.78 is 5.35. The van der Waals surface area contributed by atoms with Gasteiger partial charge in [0.2, 0.25) is 5.89 Å². The lowest BCUT2D eigenvalue weighted by molar-refractivity contribution is 0.191. The molecule has 0 aromatic carbocycles. The van der Waals surface area contributed by atoms with Gasteiger partial charge >= 0.3 is 0 Å². The number of thioether (sulfide) groups is 2. The Morgan fingerprint density at radius 3 is 2.89 bits per heavy atom. The van der Waals surface area contributed by atoms with E-state index in [2.05, 4.69) is 29.3 Å². The third-order valence-corrected chi connectivity index (χ3v) is 7.09. The van der Waals surface area contributed by atoms with E-state index in [4.69, 9.17) is 4.52 Å². The molecule has 4 unspecified atom stereocenters. The van der Waals surface area contributed by atoms with Gasteiger partial charge in [-0.25, -0.2) is 0 Å². The van der Waals surface area contributed by atoms with Crippen LogP contribution in [0.15, 0.2) is 4.52 Å². The number of aliphatic hydroxyl groups excluding tert-OH is 1. The maximum absolute atomic E-state index is 9.52. The van der Waals surface area contributed by atoms with E-state index < -0.39 is 0 Å². The highest BCUT2D eigenvalue weighted by Crippen LogP contribution is 2.43. The smallest absolute Gasteiger partial charge is 0.243 e. The summed E-state index contributed by atoms with van der Waals surface area (Å²) in [6.45, 7) is 5.12. The second kappa shape index (κ2) is 5.63. The van der Waals surface area contributed by atoms with E-state index in [1.165, 1.54) is 0 Å². The third-order valence-electron chi connectivity index (χ3n) is 3.70. The summed E-state index contributed by atoms with van der Waals surface area (Å²) in [5.41, 5.74) is 0. The van der Waals surface area contributed by atoms with Crippen molar-refractivity contribution < 1.29 is 9.63 Å². The normalized spacial score (nSPS) is 39.6. The molecule has 0 saturated carbocycles. The van der Waals surface area contributed by atoms with Crippen LogP contribution in [0.5, 0.6) is 0 Å². The van der Waals surface area contributed by atoms with Crippen LogP contribution in [0.4, 0.5) is 0 Å². The molecule has 2 saturated heterocycles. The Hall–Kier alpha value is -0.240. The molecule has 2 fully saturated rings. The lowest BCUT2D eigenvalue weighted by atomic mass is 10.2. The Morgan fingerprint density at radius 2 is 2.21 bits per heavy atom. The Bertz CT molecular complexity index is 442. The highest BCUT2D eigenvalue weighted by molar-refractivity contribution is 8.07. The van der Waals surface area contributed by atoms with E-state index in [-0.39, 0.29) is 12.1 Å². The molecular formula is C12H19N3O2S2. The van der Waals surface area contributed by atoms with Gasteiger partial charge in [0.15, 0.2) is 5.82 Å². The first kappa shape index (κ1) is 13.7. The highest BCUT2D eigenvalue weighted by Gasteiger charge is 2.32. The van der Waals surface area contributed by atoms with Crippen molar-refractivity contribution in [2.24, 2.45) is 0 Å². The van der Waals surface area contributed by atoms with Crippen LogP contribution in [0.25, 0.3) is 0 Å². The van der Waals surface area contributed by atoms with Crippen LogP contribution in [0, 0.1) is 0 Å². The molecule has 5 nitrogen and oxygen atoms in total. The van der Waals surface area contributed by atoms with Crippen molar-refractivity contribution in [3.63, 3.8) is 0 Å². The Labute approximate surface area is 121 Å². The summed E-state index contributed by atoms with van der Waals surface area (Å²) in [5, 5.41) is 18.5. The summed E-state index contributed by atoms with van der Waals surface area (Å²) in [4.78, 5) is 4.52. The van der Waals surface area contributed by atoms with Gasteiger partial charge < -0.3 is 14.9 Å². The Morgan fingerprint density at radius 1 is 1.37 bits per heavy atom. The summed E-state index contributed by atoms with van der Waals surface area (Å²) in [6.07, 6.45) is 0.350. The maximum atomic E-state index is 9.52. The number of hydrogen-bond acceptors (Lipinski definition) is 7. The van der Waals surface area contributed by atoms with Gasteiger partial charge in [0.25, 0.3) is 0 Å². The molecule has 106 valence electrons. The zero-order valence-corrected chi connectivity index (χ0v) is 12.7. The third kappa shape index (κ3) is 2.94. The van der Waals surface area contributed by atoms with Crippen LogP contribution in [0.3, 0.4) is 0 Å². The molecular weight excluding hydrogens is 282 g/mol. The van der Waals surface area contributed by atoms with Crippen LogP contribution in [0.1, 0.15) is 43.3 Å². The molecule has 1 aromatic rings. The lowest BCUT2D eigenvalue weighted by Gasteiger charge is -2.29. The van der Waals surface area contributed by atoms with Crippen molar-refractivity contribution >= 4 is 23.5 Å². The average Bonchev–Trinajstić information content (AvgIpc) is 3.01. The summed E-state index contributed by atoms with van der Waals surface area (Å²) in [6, 6.07) is 0.00819. The zero-order chi connectivity index (χ0) is 13.4. The fraction of sp³-hybridized carbons (Fsp3) is 0.833. The predicted molar refractivity (Wildman–Crippen MR) is 77.4 cm³/mol. The van der Waals surface area contributed by atoms with Crippen LogP contribution < -0.4 is 5.32 Å². The van der Waals surface area contributed by atoms with Crippen LogP contribution in [-0.4, -0.2) is 44.1 Å². The number of hydrogen-bond donors (Lipinski definition) is 2. The number of aliphatic hydroxyl groups is 1. The van der Waals surface area contributed by atoms with Crippen molar-refractivity contribution in [2.45, 2.75) is 48.2 Å². The molecule has 0 spiro atoms. The number of nitrogens with zero attached hydrogens (tertiary/aromatic N) is 2. The first-order valence-electron chi connectivity index (χ1n) is 6.65. The fourth-order valence-corrected chi connectivity index (χ4v) is 5.18. The van der Waals surface area contributed by atoms with Gasteiger partial charge in [-0.2, -0.15) is 16.7 Å². The van der Waals surface area contributed by atoms with E-state index in [0.717, 1.165) is 11.6 Å². The number of β-amino-alcohol motifs (C(OH)–C–C–N with tert-alkyl or cyclic N) is 1. The van der Waals surface area contributed by atoms with Crippen molar-refractivity contribution in [2.75, 3.05) is 12.3 Å². The van der Waals surface area contributed by atoms with Gasteiger partial charge in [-0.3, -0.25) is 0 Å². The van der Waals surface area contributed by atoms with E-state index in [0.29, 0.717) is 34.6 Å². The minimum atomic E-state index is -0.305. The van der Waals surface area contributed by atoms with Gasteiger partial charge in [-0.15, -0.1) is 11.8 Å². The molecule has 1 aromatic heterocycles. The van der Waals surface area contributed by atoms with Gasteiger partial charge in [-0.1, -0.05) is 19.0 Å². The molecule has 0 bridgehead atoms. The van der Waals surface area contributed by atoms with Crippen LogP contribution in [0.2, 0.25) is 0 Å². The molecule has 2 N–H and O–H groups in total. The minimum absolute atomic E-state index is 0.00819. The molecule has 19 heavy (non-hydrogen) atoms. The Kier molecular flexibility index (Phi) is 4.07. The number of nitrogens with one attached hydrogen (secondary N) is 1. The molecule has 2 aliphatic heterocycles. The standard InChI is InChI=1S/C12H19N3O2S2/c1-6-7(2)19-10(5-18-6)11-14-12(17-15-11)9-3-8(16)4-13-9/h6-10,13,16H,3-5H2,1-2H3/t6?,7?,8?,9-,10?/m0/s1. The largest absolute Gasteiger partial charge is 0.392 e. The topological polar surface area (TPSA) is 71.2 Å². The van der Waals surface area contributed by atoms with Crippen LogP contribution in [-0.2, 0) is 0 Å². The second-order valence-corrected chi connectivity index (χ2v) is 8.20. The van der Waals surface area contributed by atoms with E-state index in [9.17, 15) is 5.11 Å². The first-order valence-corrected chi connectivity index (χ1v) is 8.64. The molecule has 0 aliphatic carbocycles. The molecule has 7 heteroatoms. The number of aromatic nitrogens is 2. The van der Waals surface area contributed by atoms with Gasteiger partial charge in [0, 0.05) is 22.8 Å². The van der Waals surface area contributed by atoms with E-state index >= 15 is 0 Å². The van der Waals surface area contributed by atoms with Crippen molar-refractivity contribution in [3.8, 4) is 0 Å². The summed E-state index contributed by atoms with van der Waals surface area (Å²) >= 11 is 3.90.